The number of carbonyl (C=O) groups is 1. The van der Waals surface area contributed by atoms with E-state index in [0.717, 1.165) is 38.4 Å². The number of piperazine rings is 1. The zero-order valence-corrected chi connectivity index (χ0v) is 16.9. The van der Waals surface area contributed by atoms with Gasteiger partial charge < -0.3 is 14.5 Å². The molecule has 1 aliphatic heterocycles. The molecule has 0 unspecified atom stereocenters. The average molecular weight is 404 g/mol. The van der Waals surface area contributed by atoms with E-state index < -0.39 is 16.0 Å². The van der Waals surface area contributed by atoms with E-state index >= 15 is 0 Å². The van der Waals surface area contributed by atoms with Crippen molar-refractivity contribution in [3.63, 3.8) is 0 Å². The first-order chi connectivity index (χ1) is 13.4. The third-order valence-electron chi connectivity index (χ3n) is 4.89. The van der Waals surface area contributed by atoms with Crippen molar-refractivity contribution in [2.45, 2.75) is 11.8 Å². The van der Waals surface area contributed by atoms with Gasteiger partial charge in [0.05, 0.1) is 12.7 Å². The number of sulfonamides is 1. The molecule has 1 N–H and O–H groups in total. The first-order valence-electron chi connectivity index (χ1n) is 9.22. The molecule has 2 aromatic carbocycles. The Balaban J connectivity index is 1.75. The molecule has 0 aromatic heterocycles. The van der Waals surface area contributed by atoms with E-state index in [-0.39, 0.29) is 10.5 Å². The number of likely N-dealkylation sites (N-methyl/N-ethyl adjacent to an activating group) is 1. The second kappa shape index (κ2) is 8.62. The SMILES string of the molecule is CCN1CCN(c2ccc(NS(=O)(=O)c3ccccc3C(=O)OC)cc2)CC1. The molecule has 0 saturated carbocycles. The number of hydrogen-bond donors (Lipinski definition) is 1. The zero-order chi connectivity index (χ0) is 20.1. The number of hydrogen-bond acceptors (Lipinski definition) is 6. The lowest BCUT2D eigenvalue weighted by Crippen LogP contribution is -2.46. The van der Waals surface area contributed by atoms with Crippen LogP contribution >= 0.6 is 0 Å². The maximum Gasteiger partial charge on any atom is 0.339 e. The Morgan fingerprint density at radius 1 is 1.04 bits per heavy atom. The van der Waals surface area contributed by atoms with Crippen molar-refractivity contribution in [1.82, 2.24) is 4.90 Å². The molecule has 0 radical (unpaired) electrons. The minimum atomic E-state index is -3.92. The Hall–Kier alpha value is -2.58. The first-order valence-corrected chi connectivity index (χ1v) is 10.7. The maximum atomic E-state index is 12.8. The molecule has 7 nitrogen and oxygen atoms in total. The summed E-state index contributed by atoms with van der Waals surface area (Å²) in [7, 11) is -2.70. The van der Waals surface area contributed by atoms with Gasteiger partial charge in [-0.05, 0) is 42.9 Å². The lowest BCUT2D eigenvalue weighted by Gasteiger charge is -2.35. The van der Waals surface area contributed by atoms with Gasteiger partial charge in [-0.1, -0.05) is 19.1 Å². The summed E-state index contributed by atoms with van der Waals surface area (Å²) in [6.45, 7) is 7.16. The van der Waals surface area contributed by atoms with Gasteiger partial charge in [0.25, 0.3) is 10.0 Å². The van der Waals surface area contributed by atoms with Crippen LogP contribution in [0.1, 0.15) is 17.3 Å². The van der Waals surface area contributed by atoms with Crippen molar-refractivity contribution < 1.29 is 17.9 Å². The highest BCUT2D eigenvalue weighted by Gasteiger charge is 2.23. The molecule has 0 spiro atoms. The Kier molecular flexibility index (Phi) is 6.21. The minimum Gasteiger partial charge on any atom is -0.465 e. The Morgan fingerprint density at radius 2 is 1.68 bits per heavy atom. The van der Waals surface area contributed by atoms with E-state index in [0.29, 0.717) is 5.69 Å². The van der Waals surface area contributed by atoms with E-state index in [4.69, 9.17) is 0 Å². The van der Waals surface area contributed by atoms with Gasteiger partial charge >= 0.3 is 5.97 Å². The van der Waals surface area contributed by atoms with Gasteiger partial charge in [-0.15, -0.1) is 0 Å². The molecule has 1 saturated heterocycles. The largest absolute Gasteiger partial charge is 0.465 e. The van der Waals surface area contributed by atoms with Crippen LogP contribution in [0.4, 0.5) is 11.4 Å². The Bertz CT molecular complexity index is 921. The summed E-state index contributed by atoms with van der Waals surface area (Å²) in [4.78, 5) is 16.5. The van der Waals surface area contributed by atoms with Crippen LogP contribution in [-0.4, -0.2) is 59.1 Å². The molecule has 1 heterocycles. The Labute approximate surface area is 166 Å². The van der Waals surface area contributed by atoms with Crippen molar-refractivity contribution in [3.8, 4) is 0 Å². The molecule has 150 valence electrons. The predicted octanol–water partition coefficient (Wildman–Crippen LogP) is 2.42. The van der Waals surface area contributed by atoms with Gasteiger partial charge in [-0.25, -0.2) is 13.2 Å². The molecule has 8 heteroatoms. The fourth-order valence-corrected chi connectivity index (χ4v) is 4.51. The standard InChI is InChI=1S/C20H25N3O4S/c1-3-22-12-14-23(15-13-22)17-10-8-16(9-11-17)21-28(25,26)19-7-5-4-6-18(19)20(24)27-2/h4-11,21H,3,12-15H2,1-2H3. The summed E-state index contributed by atoms with van der Waals surface area (Å²) >= 11 is 0. The number of anilines is 2. The van der Waals surface area contributed by atoms with Crippen LogP contribution in [-0.2, 0) is 14.8 Å². The number of ether oxygens (including phenoxy) is 1. The zero-order valence-electron chi connectivity index (χ0n) is 16.1. The molecule has 2 aromatic rings. The van der Waals surface area contributed by atoms with Crippen molar-refractivity contribution in [2.75, 3.05) is 49.5 Å². The topological polar surface area (TPSA) is 79.0 Å². The van der Waals surface area contributed by atoms with E-state index in [1.165, 1.54) is 19.2 Å². The molecule has 0 amide bonds. The lowest BCUT2D eigenvalue weighted by atomic mass is 10.2. The van der Waals surface area contributed by atoms with E-state index in [2.05, 4.69) is 26.2 Å². The van der Waals surface area contributed by atoms with Gasteiger partial charge in [-0.3, -0.25) is 4.72 Å². The fourth-order valence-electron chi connectivity index (χ4n) is 3.25. The van der Waals surface area contributed by atoms with Gasteiger partial charge in [0.1, 0.15) is 4.90 Å². The van der Waals surface area contributed by atoms with Crippen LogP contribution in [0.2, 0.25) is 0 Å². The number of rotatable bonds is 6. The normalized spacial score (nSPS) is 15.3. The maximum absolute atomic E-state index is 12.8. The van der Waals surface area contributed by atoms with Gasteiger partial charge in [0.15, 0.2) is 0 Å². The summed E-state index contributed by atoms with van der Waals surface area (Å²) in [5.74, 6) is -0.692. The quantitative estimate of drug-likeness (QED) is 0.747. The van der Waals surface area contributed by atoms with Gasteiger partial charge in [0.2, 0.25) is 0 Å². The number of benzene rings is 2. The highest BCUT2D eigenvalue weighted by molar-refractivity contribution is 7.92. The third kappa shape index (κ3) is 4.45. The molecular weight excluding hydrogens is 378 g/mol. The molecule has 28 heavy (non-hydrogen) atoms. The number of carbonyl (C=O) groups excluding carboxylic acids is 1. The fraction of sp³-hybridized carbons (Fsp3) is 0.350. The predicted molar refractivity (Wildman–Crippen MR) is 109 cm³/mol. The second-order valence-corrected chi connectivity index (χ2v) is 8.21. The van der Waals surface area contributed by atoms with E-state index in [1.54, 1.807) is 24.3 Å². The molecular formula is C20H25N3O4S. The lowest BCUT2D eigenvalue weighted by molar-refractivity contribution is 0.0596. The molecule has 3 rings (SSSR count). The average Bonchev–Trinajstić information content (AvgIpc) is 2.73. The molecule has 0 bridgehead atoms. The van der Waals surface area contributed by atoms with E-state index in [9.17, 15) is 13.2 Å². The van der Waals surface area contributed by atoms with Crippen LogP contribution in [0.3, 0.4) is 0 Å². The highest BCUT2D eigenvalue weighted by Crippen LogP contribution is 2.23. The molecule has 1 fully saturated rings. The number of methoxy groups -OCH3 is 1. The first kappa shape index (κ1) is 20.2. The van der Waals surface area contributed by atoms with Crippen LogP contribution < -0.4 is 9.62 Å². The summed E-state index contributed by atoms with van der Waals surface area (Å²) < 4.78 is 32.7. The second-order valence-electron chi connectivity index (χ2n) is 6.56. The summed E-state index contributed by atoms with van der Waals surface area (Å²) in [6.07, 6.45) is 0. The van der Waals surface area contributed by atoms with Crippen LogP contribution in [0, 0.1) is 0 Å². The summed E-state index contributed by atoms with van der Waals surface area (Å²) in [5, 5.41) is 0. The van der Waals surface area contributed by atoms with Crippen LogP contribution in [0.15, 0.2) is 53.4 Å². The summed E-state index contributed by atoms with van der Waals surface area (Å²) in [6, 6.07) is 13.3. The number of nitrogens with one attached hydrogen (secondary N) is 1. The van der Waals surface area contributed by atoms with Gasteiger partial charge in [-0.2, -0.15) is 0 Å². The van der Waals surface area contributed by atoms with Crippen molar-refractivity contribution in [1.29, 1.82) is 0 Å². The van der Waals surface area contributed by atoms with Gasteiger partial charge in [0, 0.05) is 37.6 Å². The summed E-state index contributed by atoms with van der Waals surface area (Å²) in [5.41, 5.74) is 1.51. The van der Waals surface area contributed by atoms with Crippen molar-refractivity contribution >= 4 is 27.4 Å². The molecule has 0 atom stereocenters. The van der Waals surface area contributed by atoms with Crippen LogP contribution in [0.25, 0.3) is 0 Å². The smallest absolute Gasteiger partial charge is 0.339 e. The monoisotopic (exact) mass is 403 g/mol. The molecule has 1 aliphatic rings. The Morgan fingerprint density at radius 3 is 2.29 bits per heavy atom. The highest BCUT2D eigenvalue weighted by atomic mass is 32.2. The number of nitrogens with zero attached hydrogens (tertiary/aromatic N) is 2. The third-order valence-corrected chi connectivity index (χ3v) is 6.33. The van der Waals surface area contributed by atoms with Crippen LogP contribution in [0.5, 0.6) is 0 Å². The minimum absolute atomic E-state index is 0.00270. The number of esters is 1. The van der Waals surface area contributed by atoms with Crippen molar-refractivity contribution in [2.24, 2.45) is 0 Å². The molecule has 0 aliphatic carbocycles. The van der Waals surface area contributed by atoms with Crippen molar-refractivity contribution in [3.05, 3.63) is 54.1 Å². The van der Waals surface area contributed by atoms with E-state index in [1.807, 2.05) is 12.1 Å².